The molecular weight excluding hydrogens is 234 g/mol. The lowest BCUT2D eigenvalue weighted by Gasteiger charge is -2.38. The molecule has 3 unspecified atom stereocenters. The number of benzene rings is 1. The fourth-order valence-electron chi connectivity index (χ4n) is 2.21. The molecule has 1 N–H and O–H groups in total. The van der Waals surface area contributed by atoms with Gasteiger partial charge in [0.25, 0.3) is 0 Å². The predicted octanol–water partition coefficient (Wildman–Crippen LogP) is 3.41. The van der Waals surface area contributed by atoms with Crippen molar-refractivity contribution in [3.05, 3.63) is 34.9 Å². The summed E-state index contributed by atoms with van der Waals surface area (Å²) in [5, 5.41) is 4.28. The third-order valence-corrected chi connectivity index (χ3v) is 3.57. The Labute approximate surface area is 108 Å². The van der Waals surface area contributed by atoms with Crippen LogP contribution >= 0.6 is 11.6 Å². The molecule has 0 spiro atoms. The Bertz CT molecular complexity index is 380. The molecule has 1 aromatic carbocycles. The minimum atomic E-state index is 0.0925. The molecule has 0 amide bonds. The van der Waals surface area contributed by atoms with Gasteiger partial charge in [-0.15, -0.1) is 0 Å². The van der Waals surface area contributed by atoms with Crippen molar-refractivity contribution in [3.8, 4) is 0 Å². The Morgan fingerprint density at radius 2 is 2.18 bits per heavy atom. The van der Waals surface area contributed by atoms with Gasteiger partial charge in [-0.2, -0.15) is 0 Å². The largest absolute Gasteiger partial charge is 0.367 e. The summed E-state index contributed by atoms with van der Waals surface area (Å²) >= 11 is 6.03. The first-order valence-electron chi connectivity index (χ1n) is 6.22. The van der Waals surface area contributed by atoms with Crippen LogP contribution in [0.5, 0.6) is 0 Å². The maximum absolute atomic E-state index is 6.18. The second-order valence-corrected chi connectivity index (χ2v) is 5.53. The molecule has 1 saturated heterocycles. The van der Waals surface area contributed by atoms with E-state index in [-0.39, 0.29) is 12.2 Å². The first-order valence-corrected chi connectivity index (χ1v) is 6.60. The van der Waals surface area contributed by atoms with Crippen LogP contribution in [0.1, 0.15) is 32.4 Å². The Balaban J connectivity index is 2.18. The highest BCUT2D eigenvalue weighted by Crippen LogP contribution is 2.29. The topological polar surface area (TPSA) is 21.3 Å². The summed E-state index contributed by atoms with van der Waals surface area (Å²) in [6, 6.07) is 8.27. The number of hydrogen-bond acceptors (Lipinski definition) is 2. The van der Waals surface area contributed by atoms with Crippen molar-refractivity contribution in [2.75, 3.05) is 6.54 Å². The number of halogens is 1. The van der Waals surface area contributed by atoms with Gasteiger partial charge in [0, 0.05) is 17.6 Å². The Hall–Kier alpha value is -0.570. The van der Waals surface area contributed by atoms with Crippen LogP contribution in [0.2, 0.25) is 5.02 Å². The molecule has 1 aliphatic rings. The highest BCUT2D eigenvalue weighted by Gasteiger charge is 2.30. The van der Waals surface area contributed by atoms with E-state index in [0.717, 1.165) is 17.1 Å². The zero-order valence-corrected chi connectivity index (χ0v) is 11.4. The van der Waals surface area contributed by atoms with Crippen LogP contribution in [0.4, 0.5) is 0 Å². The van der Waals surface area contributed by atoms with Crippen molar-refractivity contribution >= 4 is 11.6 Å². The van der Waals surface area contributed by atoms with Gasteiger partial charge in [0.2, 0.25) is 0 Å². The average Bonchev–Trinajstić information content (AvgIpc) is 2.29. The normalized spacial score (nSPS) is 29.6. The molecular formula is C14H20ClNO. The van der Waals surface area contributed by atoms with Gasteiger partial charge < -0.3 is 10.1 Å². The molecule has 0 aromatic heterocycles. The molecule has 0 aliphatic carbocycles. The van der Waals surface area contributed by atoms with Gasteiger partial charge >= 0.3 is 0 Å². The number of rotatable bonds is 2. The van der Waals surface area contributed by atoms with Gasteiger partial charge in [-0.1, -0.05) is 37.6 Å². The maximum Gasteiger partial charge on any atom is 0.0980 e. The van der Waals surface area contributed by atoms with Crippen LogP contribution in [0.25, 0.3) is 0 Å². The van der Waals surface area contributed by atoms with Gasteiger partial charge in [0.15, 0.2) is 0 Å². The lowest BCUT2D eigenvalue weighted by atomic mass is 9.98. The van der Waals surface area contributed by atoms with E-state index < -0.39 is 0 Å². The quantitative estimate of drug-likeness (QED) is 0.872. The predicted molar refractivity (Wildman–Crippen MR) is 71.4 cm³/mol. The van der Waals surface area contributed by atoms with Crippen LogP contribution in [-0.2, 0) is 4.74 Å². The summed E-state index contributed by atoms with van der Waals surface area (Å²) in [4.78, 5) is 0. The average molecular weight is 254 g/mol. The fourth-order valence-corrected chi connectivity index (χ4v) is 2.41. The second kappa shape index (κ2) is 5.38. The summed E-state index contributed by atoms with van der Waals surface area (Å²) in [6.07, 6.45) is 0.366. The molecule has 3 heteroatoms. The SMILES string of the molecule is CC(C)C1CNC(C)C(c2cccc(Cl)c2)O1. The molecule has 2 rings (SSSR count). The summed E-state index contributed by atoms with van der Waals surface area (Å²) < 4.78 is 6.18. The molecule has 1 fully saturated rings. The first kappa shape index (κ1) is 12.9. The molecule has 0 saturated carbocycles. The van der Waals surface area contributed by atoms with Crippen molar-refractivity contribution in [2.45, 2.75) is 39.0 Å². The highest BCUT2D eigenvalue weighted by atomic mass is 35.5. The molecule has 17 heavy (non-hydrogen) atoms. The van der Waals surface area contributed by atoms with E-state index in [0.29, 0.717) is 12.0 Å². The van der Waals surface area contributed by atoms with E-state index in [2.05, 4.69) is 32.2 Å². The Kier molecular flexibility index (Phi) is 4.08. The van der Waals surface area contributed by atoms with E-state index in [9.17, 15) is 0 Å². The van der Waals surface area contributed by atoms with Crippen molar-refractivity contribution in [3.63, 3.8) is 0 Å². The molecule has 1 aromatic rings. The zero-order valence-electron chi connectivity index (χ0n) is 10.6. The summed E-state index contributed by atoms with van der Waals surface area (Å²) in [5.41, 5.74) is 1.16. The standard InChI is InChI=1S/C14H20ClNO/c1-9(2)13-8-16-10(3)14(17-13)11-5-4-6-12(15)7-11/h4-7,9-10,13-14,16H,8H2,1-3H3. The van der Waals surface area contributed by atoms with E-state index >= 15 is 0 Å². The van der Waals surface area contributed by atoms with Gasteiger partial charge in [-0.3, -0.25) is 0 Å². The van der Waals surface area contributed by atoms with Gasteiger partial charge in [-0.05, 0) is 30.5 Å². The van der Waals surface area contributed by atoms with Crippen molar-refractivity contribution in [2.24, 2.45) is 5.92 Å². The summed E-state index contributed by atoms with van der Waals surface area (Å²) in [5.74, 6) is 0.525. The zero-order chi connectivity index (χ0) is 12.4. The van der Waals surface area contributed by atoms with Crippen molar-refractivity contribution in [1.82, 2.24) is 5.32 Å². The van der Waals surface area contributed by atoms with Crippen LogP contribution in [0, 0.1) is 5.92 Å². The maximum atomic E-state index is 6.18. The number of hydrogen-bond donors (Lipinski definition) is 1. The van der Waals surface area contributed by atoms with Crippen LogP contribution in [0.15, 0.2) is 24.3 Å². The minimum absolute atomic E-state index is 0.0925. The van der Waals surface area contributed by atoms with Crippen molar-refractivity contribution < 1.29 is 4.74 Å². The fraction of sp³-hybridized carbons (Fsp3) is 0.571. The van der Waals surface area contributed by atoms with Gasteiger partial charge in [0.1, 0.15) is 0 Å². The third-order valence-electron chi connectivity index (χ3n) is 3.34. The minimum Gasteiger partial charge on any atom is -0.367 e. The number of morpholine rings is 1. The van der Waals surface area contributed by atoms with Crippen LogP contribution < -0.4 is 5.32 Å². The molecule has 2 nitrogen and oxygen atoms in total. The summed E-state index contributed by atoms with van der Waals surface area (Å²) in [6.45, 7) is 7.47. The smallest absolute Gasteiger partial charge is 0.0980 e. The Morgan fingerprint density at radius 3 is 2.82 bits per heavy atom. The molecule has 94 valence electrons. The monoisotopic (exact) mass is 253 g/mol. The molecule has 3 atom stereocenters. The van der Waals surface area contributed by atoms with Crippen LogP contribution in [0.3, 0.4) is 0 Å². The second-order valence-electron chi connectivity index (χ2n) is 5.09. The van der Waals surface area contributed by atoms with E-state index in [1.165, 1.54) is 0 Å². The molecule has 0 radical (unpaired) electrons. The van der Waals surface area contributed by atoms with Gasteiger partial charge in [-0.25, -0.2) is 0 Å². The molecule has 1 heterocycles. The molecule has 1 aliphatic heterocycles. The Morgan fingerprint density at radius 1 is 1.41 bits per heavy atom. The van der Waals surface area contributed by atoms with E-state index in [1.54, 1.807) is 0 Å². The van der Waals surface area contributed by atoms with E-state index in [1.807, 2.05) is 18.2 Å². The van der Waals surface area contributed by atoms with Gasteiger partial charge in [0.05, 0.1) is 12.2 Å². The first-order chi connectivity index (χ1) is 8.08. The van der Waals surface area contributed by atoms with Crippen LogP contribution in [-0.4, -0.2) is 18.7 Å². The molecule has 0 bridgehead atoms. The van der Waals surface area contributed by atoms with E-state index in [4.69, 9.17) is 16.3 Å². The lowest BCUT2D eigenvalue weighted by Crippen LogP contribution is -2.48. The number of ether oxygens (including phenoxy) is 1. The number of nitrogens with one attached hydrogen (secondary N) is 1. The van der Waals surface area contributed by atoms with Crippen molar-refractivity contribution in [1.29, 1.82) is 0 Å². The summed E-state index contributed by atoms with van der Waals surface area (Å²) in [7, 11) is 0. The third kappa shape index (κ3) is 3.01. The highest BCUT2D eigenvalue weighted by molar-refractivity contribution is 6.30. The lowest BCUT2D eigenvalue weighted by molar-refractivity contribution is -0.0806.